The number of fused-ring (bicyclic) bond motifs is 1. The first kappa shape index (κ1) is 20.2. The number of carbonyl (C=O) groups excluding carboxylic acids is 1. The van der Waals surface area contributed by atoms with E-state index in [-0.39, 0.29) is 23.3 Å². The fourth-order valence-corrected chi connectivity index (χ4v) is 5.24. The Labute approximate surface area is 175 Å². The maximum absolute atomic E-state index is 13.2. The molecule has 1 aliphatic heterocycles. The molecule has 0 fully saturated rings. The first-order valence-electron chi connectivity index (χ1n) is 9.73. The molecule has 2 aromatic carbocycles. The van der Waals surface area contributed by atoms with Gasteiger partial charge in [0.2, 0.25) is 5.91 Å². The number of sulfone groups is 1. The van der Waals surface area contributed by atoms with E-state index in [0.29, 0.717) is 34.9 Å². The van der Waals surface area contributed by atoms with Crippen LogP contribution < -0.4 is 10.1 Å². The fraction of sp³-hybridized carbons (Fsp3) is 0.273. The van der Waals surface area contributed by atoms with Gasteiger partial charge in [-0.05, 0) is 36.2 Å². The van der Waals surface area contributed by atoms with Crippen LogP contribution >= 0.6 is 0 Å². The maximum Gasteiger partial charge on any atom is 0.233 e. The molecular weight excluding hydrogens is 402 g/mol. The molecule has 156 valence electrons. The Hall–Kier alpha value is -3.13. The number of amides is 1. The number of nitrogens with zero attached hydrogens (tertiary/aromatic N) is 2. The van der Waals surface area contributed by atoms with Gasteiger partial charge in [0.1, 0.15) is 11.6 Å². The summed E-state index contributed by atoms with van der Waals surface area (Å²) >= 11 is 0. The van der Waals surface area contributed by atoms with Gasteiger partial charge in [-0.3, -0.25) is 4.79 Å². The Balaban J connectivity index is 1.73. The molecule has 4 rings (SSSR count). The van der Waals surface area contributed by atoms with Gasteiger partial charge in [-0.1, -0.05) is 37.3 Å². The molecule has 3 aromatic rings. The first-order valence-corrected chi connectivity index (χ1v) is 11.6. The van der Waals surface area contributed by atoms with Crippen LogP contribution in [0.25, 0.3) is 5.69 Å². The van der Waals surface area contributed by atoms with Crippen LogP contribution in [0.1, 0.15) is 36.1 Å². The topological polar surface area (TPSA) is 90.3 Å². The highest BCUT2D eigenvalue weighted by atomic mass is 32.2. The van der Waals surface area contributed by atoms with E-state index in [1.165, 1.54) is 0 Å². The van der Waals surface area contributed by atoms with Crippen LogP contribution in [-0.2, 0) is 26.1 Å². The highest BCUT2D eigenvalue weighted by Gasteiger charge is 2.34. The van der Waals surface area contributed by atoms with Crippen LogP contribution in [0, 0.1) is 0 Å². The molecule has 0 aliphatic carbocycles. The second-order valence-electron chi connectivity index (χ2n) is 7.28. The number of aromatic nitrogens is 2. The van der Waals surface area contributed by atoms with Gasteiger partial charge < -0.3 is 10.1 Å². The summed E-state index contributed by atoms with van der Waals surface area (Å²) in [5, 5.41) is 7.48. The maximum atomic E-state index is 13.2. The van der Waals surface area contributed by atoms with Crippen molar-refractivity contribution in [2.75, 3.05) is 12.4 Å². The van der Waals surface area contributed by atoms with Gasteiger partial charge in [0.05, 0.1) is 35.9 Å². The lowest BCUT2D eigenvalue weighted by molar-refractivity contribution is -0.117. The summed E-state index contributed by atoms with van der Waals surface area (Å²) < 4.78 is 31.1. The second kappa shape index (κ2) is 7.95. The zero-order valence-electron chi connectivity index (χ0n) is 16.8. The minimum atomic E-state index is -3.26. The van der Waals surface area contributed by atoms with Gasteiger partial charge >= 0.3 is 0 Å². The van der Waals surface area contributed by atoms with Crippen molar-refractivity contribution in [2.24, 2.45) is 0 Å². The van der Waals surface area contributed by atoms with Crippen molar-refractivity contribution < 1.29 is 17.9 Å². The number of hydrogen-bond donors (Lipinski definition) is 1. The number of anilines is 1. The SMILES string of the molecule is CC[C@H](C(=O)Nc1c2c(nn1-c1ccc(OC)cc1)CS(=O)(=O)C2)c1ccccc1. The zero-order valence-corrected chi connectivity index (χ0v) is 17.6. The average Bonchev–Trinajstić information content (AvgIpc) is 3.22. The third-order valence-electron chi connectivity index (χ3n) is 5.27. The van der Waals surface area contributed by atoms with Crippen molar-refractivity contribution in [2.45, 2.75) is 30.8 Å². The molecule has 0 bridgehead atoms. The molecule has 1 N–H and O–H groups in total. The van der Waals surface area contributed by atoms with Crippen LogP contribution in [0.2, 0.25) is 0 Å². The third kappa shape index (κ3) is 3.82. The average molecular weight is 426 g/mol. The Morgan fingerprint density at radius 1 is 1.13 bits per heavy atom. The van der Waals surface area contributed by atoms with E-state index in [2.05, 4.69) is 10.4 Å². The van der Waals surface area contributed by atoms with E-state index in [4.69, 9.17) is 4.74 Å². The van der Waals surface area contributed by atoms with Crippen LogP contribution in [0.5, 0.6) is 5.75 Å². The molecule has 0 saturated carbocycles. The van der Waals surface area contributed by atoms with Gasteiger partial charge in [0.15, 0.2) is 9.84 Å². The molecule has 2 heterocycles. The first-order chi connectivity index (χ1) is 14.4. The Morgan fingerprint density at radius 2 is 1.83 bits per heavy atom. The van der Waals surface area contributed by atoms with Gasteiger partial charge in [0, 0.05) is 5.56 Å². The van der Waals surface area contributed by atoms with E-state index in [0.717, 1.165) is 5.56 Å². The van der Waals surface area contributed by atoms with Crippen LogP contribution in [0.3, 0.4) is 0 Å². The molecule has 0 radical (unpaired) electrons. The molecule has 1 atom stereocenters. The summed E-state index contributed by atoms with van der Waals surface area (Å²) in [5.41, 5.74) is 2.67. The Kier molecular flexibility index (Phi) is 5.34. The van der Waals surface area contributed by atoms with E-state index in [1.54, 1.807) is 23.9 Å². The monoisotopic (exact) mass is 425 g/mol. The number of ether oxygens (including phenoxy) is 1. The number of rotatable bonds is 6. The van der Waals surface area contributed by atoms with Crippen molar-refractivity contribution in [3.05, 3.63) is 71.4 Å². The molecule has 0 unspecified atom stereocenters. The lowest BCUT2D eigenvalue weighted by Crippen LogP contribution is -2.23. The van der Waals surface area contributed by atoms with Crippen molar-refractivity contribution in [3.8, 4) is 11.4 Å². The highest BCUT2D eigenvalue weighted by Crippen LogP contribution is 2.34. The molecule has 7 nitrogen and oxygen atoms in total. The standard InChI is InChI=1S/C22H23N3O4S/c1-3-18(15-7-5-4-6-8-15)22(26)23-21-19-13-30(27,28)14-20(19)24-25(21)16-9-11-17(29-2)12-10-16/h4-12,18H,3,13-14H2,1-2H3,(H,23,26)/t18-/m0/s1. The fourth-order valence-electron chi connectivity index (χ4n) is 3.74. The summed E-state index contributed by atoms with van der Waals surface area (Å²) in [6.07, 6.45) is 0.618. The van der Waals surface area contributed by atoms with Gasteiger partial charge in [-0.2, -0.15) is 5.10 Å². The van der Waals surface area contributed by atoms with Crippen molar-refractivity contribution >= 4 is 21.6 Å². The van der Waals surface area contributed by atoms with Crippen LogP contribution in [0.4, 0.5) is 5.82 Å². The third-order valence-corrected chi connectivity index (χ3v) is 6.71. The van der Waals surface area contributed by atoms with Crippen molar-refractivity contribution in [3.63, 3.8) is 0 Å². The lowest BCUT2D eigenvalue weighted by Gasteiger charge is -2.17. The van der Waals surface area contributed by atoms with Crippen LogP contribution in [-0.4, -0.2) is 31.2 Å². The molecule has 0 spiro atoms. The summed E-state index contributed by atoms with van der Waals surface area (Å²) in [6.45, 7) is 1.95. The predicted molar refractivity (Wildman–Crippen MR) is 115 cm³/mol. The number of nitrogens with one attached hydrogen (secondary N) is 1. The summed E-state index contributed by atoms with van der Waals surface area (Å²) in [7, 11) is -1.67. The summed E-state index contributed by atoms with van der Waals surface area (Å²) in [6, 6.07) is 16.8. The Bertz CT molecular complexity index is 1170. The second-order valence-corrected chi connectivity index (χ2v) is 9.34. The molecule has 1 amide bonds. The van der Waals surface area contributed by atoms with E-state index in [1.807, 2.05) is 49.4 Å². The number of methoxy groups -OCH3 is 1. The molecule has 0 saturated heterocycles. The molecule has 1 aliphatic rings. The van der Waals surface area contributed by atoms with Crippen molar-refractivity contribution in [1.82, 2.24) is 9.78 Å². The predicted octanol–water partition coefficient (Wildman–Crippen LogP) is 3.44. The van der Waals surface area contributed by atoms with Gasteiger partial charge in [0.25, 0.3) is 0 Å². The van der Waals surface area contributed by atoms with Crippen molar-refractivity contribution in [1.29, 1.82) is 0 Å². The quantitative estimate of drug-likeness (QED) is 0.653. The largest absolute Gasteiger partial charge is 0.497 e. The zero-order chi connectivity index (χ0) is 21.3. The normalized spacial score (nSPS) is 15.4. The lowest BCUT2D eigenvalue weighted by atomic mass is 9.95. The minimum absolute atomic E-state index is 0.121. The Morgan fingerprint density at radius 3 is 2.47 bits per heavy atom. The molecule has 30 heavy (non-hydrogen) atoms. The van der Waals surface area contributed by atoms with Gasteiger partial charge in [-0.25, -0.2) is 13.1 Å². The smallest absolute Gasteiger partial charge is 0.233 e. The number of benzene rings is 2. The van der Waals surface area contributed by atoms with Gasteiger partial charge in [-0.15, -0.1) is 0 Å². The molecule has 8 heteroatoms. The van der Waals surface area contributed by atoms with E-state index < -0.39 is 9.84 Å². The summed E-state index contributed by atoms with van der Waals surface area (Å²) in [5.74, 6) is 0.322. The minimum Gasteiger partial charge on any atom is -0.497 e. The van der Waals surface area contributed by atoms with E-state index in [9.17, 15) is 13.2 Å². The van der Waals surface area contributed by atoms with E-state index >= 15 is 0 Å². The highest BCUT2D eigenvalue weighted by molar-refractivity contribution is 7.90. The van der Waals surface area contributed by atoms with Crippen LogP contribution in [0.15, 0.2) is 54.6 Å². The molecular formula is C22H23N3O4S. The number of hydrogen-bond acceptors (Lipinski definition) is 5. The number of carbonyl (C=O) groups is 1. The summed E-state index contributed by atoms with van der Waals surface area (Å²) in [4.78, 5) is 13.2. The molecule has 1 aromatic heterocycles.